The molecule has 4 heteroatoms. The second-order valence-electron chi connectivity index (χ2n) is 4.59. The summed E-state index contributed by atoms with van der Waals surface area (Å²) in [4.78, 5) is 0. The number of aliphatic hydroxyl groups excluding tert-OH is 2. The van der Waals surface area contributed by atoms with E-state index < -0.39 is 6.10 Å². The Hall–Kier alpha value is 0.230. The highest BCUT2D eigenvalue weighted by Gasteiger charge is 2.22. The highest BCUT2D eigenvalue weighted by atomic mass is 32.2. The largest absolute Gasteiger partial charge is 0.396 e. The maximum atomic E-state index is 9.67. The van der Waals surface area contributed by atoms with Crippen LogP contribution in [0.3, 0.4) is 0 Å². The zero-order valence-electron chi connectivity index (χ0n) is 10.1. The van der Waals surface area contributed by atoms with Crippen molar-refractivity contribution in [1.29, 1.82) is 0 Å². The SMILES string of the molecule is CC1CCCCC1OCC(O)CSCCO. The summed E-state index contributed by atoms with van der Waals surface area (Å²) in [7, 11) is 0. The zero-order chi connectivity index (χ0) is 11.8. The fourth-order valence-corrected chi connectivity index (χ4v) is 2.76. The standard InChI is InChI=1S/C12H24O3S/c1-10-4-2-3-5-12(10)15-8-11(14)9-16-7-6-13/h10-14H,2-9H2,1H3. The minimum atomic E-state index is -0.398. The van der Waals surface area contributed by atoms with Gasteiger partial charge in [-0.25, -0.2) is 0 Å². The van der Waals surface area contributed by atoms with E-state index in [2.05, 4.69) is 6.92 Å². The second-order valence-corrected chi connectivity index (χ2v) is 5.74. The van der Waals surface area contributed by atoms with Crippen LogP contribution in [0.15, 0.2) is 0 Å². The van der Waals surface area contributed by atoms with Crippen LogP contribution in [0.2, 0.25) is 0 Å². The molecule has 0 aromatic rings. The Morgan fingerprint density at radius 3 is 2.81 bits per heavy atom. The third kappa shape index (κ3) is 5.53. The molecule has 3 atom stereocenters. The van der Waals surface area contributed by atoms with Crippen molar-refractivity contribution >= 4 is 11.8 Å². The van der Waals surface area contributed by atoms with Gasteiger partial charge in [-0.1, -0.05) is 19.8 Å². The van der Waals surface area contributed by atoms with Crippen molar-refractivity contribution in [3.8, 4) is 0 Å². The van der Waals surface area contributed by atoms with E-state index in [1.54, 1.807) is 11.8 Å². The molecule has 0 aliphatic heterocycles. The molecule has 0 saturated heterocycles. The van der Waals surface area contributed by atoms with Gasteiger partial charge in [-0.05, 0) is 18.8 Å². The first-order valence-corrected chi connectivity index (χ1v) is 7.37. The molecule has 0 heterocycles. The van der Waals surface area contributed by atoms with E-state index in [-0.39, 0.29) is 6.61 Å². The lowest BCUT2D eigenvalue weighted by Gasteiger charge is -2.29. The maximum absolute atomic E-state index is 9.67. The summed E-state index contributed by atoms with van der Waals surface area (Å²) in [5, 5.41) is 18.3. The van der Waals surface area contributed by atoms with E-state index in [1.165, 1.54) is 19.3 Å². The Morgan fingerprint density at radius 1 is 1.38 bits per heavy atom. The molecule has 1 fully saturated rings. The van der Waals surface area contributed by atoms with Gasteiger partial charge in [0, 0.05) is 11.5 Å². The third-order valence-corrected chi connectivity index (χ3v) is 4.17. The number of hydrogen-bond donors (Lipinski definition) is 2. The monoisotopic (exact) mass is 248 g/mol. The van der Waals surface area contributed by atoms with Crippen molar-refractivity contribution < 1.29 is 14.9 Å². The molecular weight excluding hydrogens is 224 g/mol. The van der Waals surface area contributed by atoms with Crippen LogP contribution < -0.4 is 0 Å². The Kier molecular flexibility index (Phi) is 7.45. The molecule has 0 aromatic heterocycles. The van der Waals surface area contributed by atoms with Crippen molar-refractivity contribution in [2.45, 2.75) is 44.8 Å². The molecule has 0 aromatic carbocycles. The fraction of sp³-hybridized carbons (Fsp3) is 1.00. The molecule has 0 spiro atoms. The summed E-state index contributed by atoms with van der Waals surface area (Å²) in [6, 6.07) is 0. The number of rotatable bonds is 7. The van der Waals surface area contributed by atoms with Gasteiger partial charge >= 0.3 is 0 Å². The molecule has 16 heavy (non-hydrogen) atoms. The van der Waals surface area contributed by atoms with Gasteiger partial charge in [-0.3, -0.25) is 0 Å². The summed E-state index contributed by atoms with van der Waals surface area (Å²) in [6.45, 7) is 2.85. The predicted molar refractivity (Wildman–Crippen MR) is 67.8 cm³/mol. The van der Waals surface area contributed by atoms with Gasteiger partial charge in [0.05, 0.1) is 25.4 Å². The van der Waals surface area contributed by atoms with Crippen LogP contribution in [0.25, 0.3) is 0 Å². The summed E-state index contributed by atoms with van der Waals surface area (Å²) >= 11 is 1.57. The maximum Gasteiger partial charge on any atom is 0.0863 e. The summed E-state index contributed by atoms with van der Waals surface area (Å²) in [5.41, 5.74) is 0. The summed E-state index contributed by atoms with van der Waals surface area (Å²) < 4.78 is 5.76. The van der Waals surface area contributed by atoms with Crippen LogP contribution in [-0.2, 0) is 4.74 Å². The van der Waals surface area contributed by atoms with Gasteiger partial charge in [0.2, 0.25) is 0 Å². The molecule has 96 valence electrons. The van der Waals surface area contributed by atoms with E-state index in [9.17, 15) is 5.11 Å². The minimum absolute atomic E-state index is 0.178. The quantitative estimate of drug-likeness (QED) is 0.673. The zero-order valence-corrected chi connectivity index (χ0v) is 10.9. The molecule has 1 aliphatic carbocycles. The second kappa shape index (κ2) is 8.34. The molecule has 1 rings (SSSR count). The van der Waals surface area contributed by atoms with Crippen LogP contribution in [0.1, 0.15) is 32.6 Å². The first-order chi connectivity index (χ1) is 7.74. The molecule has 1 aliphatic rings. The Morgan fingerprint density at radius 2 is 2.12 bits per heavy atom. The first kappa shape index (κ1) is 14.3. The van der Waals surface area contributed by atoms with Crippen LogP contribution in [-0.4, -0.2) is 47.1 Å². The number of ether oxygens (including phenoxy) is 1. The molecule has 2 N–H and O–H groups in total. The lowest BCUT2D eigenvalue weighted by atomic mass is 9.88. The van der Waals surface area contributed by atoms with E-state index >= 15 is 0 Å². The topological polar surface area (TPSA) is 49.7 Å². The average molecular weight is 248 g/mol. The minimum Gasteiger partial charge on any atom is -0.396 e. The van der Waals surface area contributed by atoms with Crippen molar-refractivity contribution in [2.24, 2.45) is 5.92 Å². The molecule has 3 unspecified atom stereocenters. The van der Waals surface area contributed by atoms with E-state index in [0.717, 1.165) is 6.42 Å². The lowest BCUT2D eigenvalue weighted by molar-refractivity contribution is -0.0401. The third-order valence-electron chi connectivity index (χ3n) is 3.08. The molecule has 0 bridgehead atoms. The molecule has 0 radical (unpaired) electrons. The van der Waals surface area contributed by atoms with Crippen LogP contribution >= 0.6 is 11.8 Å². The molecule has 3 nitrogen and oxygen atoms in total. The normalized spacial score (nSPS) is 27.9. The molecule has 1 saturated carbocycles. The van der Waals surface area contributed by atoms with Crippen LogP contribution in [0.5, 0.6) is 0 Å². The first-order valence-electron chi connectivity index (χ1n) is 6.22. The smallest absolute Gasteiger partial charge is 0.0863 e. The van der Waals surface area contributed by atoms with Crippen molar-refractivity contribution in [3.63, 3.8) is 0 Å². The number of thioether (sulfide) groups is 1. The summed E-state index contributed by atoms with van der Waals surface area (Å²) in [5.74, 6) is 1.98. The van der Waals surface area contributed by atoms with E-state index in [4.69, 9.17) is 9.84 Å². The lowest BCUT2D eigenvalue weighted by Crippen LogP contribution is -2.30. The van der Waals surface area contributed by atoms with Crippen LogP contribution in [0.4, 0.5) is 0 Å². The highest BCUT2D eigenvalue weighted by Crippen LogP contribution is 2.26. The van der Waals surface area contributed by atoms with Gasteiger partial charge in [0.1, 0.15) is 0 Å². The number of aliphatic hydroxyl groups is 2. The van der Waals surface area contributed by atoms with Gasteiger partial charge < -0.3 is 14.9 Å². The van der Waals surface area contributed by atoms with Gasteiger partial charge in [-0.15, -0.1) is 0 Å². The van der Waals surface area contributed by atoms with Crippen molar-refractivity contribution in [2.75, 3.05) is 24.7 Å². The Labute approximate surface area is 103 Å². The van der Waals surface area contributed by atoms with Gasteiger partial charge in [0.25, 0.3) is 0 Å². The van der Waals surface area contributed by atoms with Crippen LogP contribution in [0, 0.1) is 5.92 Å². The van der Waals surface area contributed by atoms with Crippen molar-refractivity contribution in [3.05, 3.63) is 0 Å². The van der Waals surface area contributed by atoms with Crippen molar-refractivity contribution in [1.82, 2.24) is 0 Å². The van der Waals surface area contributed by atoms with E-state index in [0.29, 0.717) is 30.1 Å². The van der Waals surface area contributed by atoms with Gasteiger partial charge in [-0.2, -0.15) is 11.8 Å². The number of hydrogen-bond acceptors (Lipinski definition) is 4. The van der Waals surface area contributed by atoms with E-state index in [1.807, 2.05) is 0 Å². The average Bonchev–Trinajstić information content (AvgIpc) is 2.28. The summed E-state index contributed by atoms with van der Waals surface area (Å²) in [6.07, 6.45) is 4.90. The molecular formula is C12H24O3S. The highest BCUT2D eigenvalue weighted by molar-refractivity contribution is 7.99. The Bertz CT molecular complexity index is 178. The fourth-order valence-electron chi connectivity index (χ4n) is 2.10. The molecule has 0 amide bonds. The van der Waals surface area contributed by atoms with Gasteiger partial charge in [0.15, 0.2) is 0 Å². The Balaban J connectivity index is 2.07. The predicted octanol–water partition coefficient (Wildman–Crippen LogP) is 1.67.